The first-order valence-corrected chi connectivity index (χ1v) is 11.9. The number of hydrogen-bond acceptors (Lipinski definition) is 2. The highest BCUT2D eigenvalue weighted by Gasteiger charge is 2.53. The first kappa shape index (κ1) is 19.6. The Kier molecular flexibility index (Phi) is 4.60. The monoisotopic (exact) mass is 422 g/mol. The molecule has 162 valence electrons. The molecular weight excluding hydrogens is 392 g/mol. The first-order valence-electron chi connectivity index (χ1n) is 11.9. The van der Waals surface area contributed by atoms with Crippen molar-refractivity contribution >= 4 is 17.3 Å². The quantitative estimate of drug-likeness (QED) is 0.484. The van der Waals surface area contributed by atoms with E-state index in [1.165, 1.54) is 36.1 Å². The van der Waals surface area contributed by atoms with Crippen molar-refractivity contribution in [1.82, 2.24) is 0 Å². The number of carbonyl (C=O) groups is 1. The Bertz CT molecular complexity index is 1190. The van der Waals surface area contributed by atoms with Crippen molar-refractivity contribution in [2.24, 2.45) is 17.8 Å². The minimum absolute atomic E-state index is 0.0219. The van der Waals surface area contributed by atoms with Crippen molar-refractivity contribution in [3.8, 4) is 0 Å². The highest BCUT2D eigenvalue weighted by atomic mass is 16.1. The summed E-state index contributed by atoms with van der Waals surface area (Å²) in [5.74, 6) is 2.66. The third-order valence-corrected chi connectivity index (χ3v) is 8.15. The van der Waals surface area contributed by atoms with Crippen LogP contribution in [0.3, 0.4) is 0 Å². The standard InChI is InChI=1S/C29H30N2O/c1-17-8-9-18(2)25(14-17)31-29(32)22-12-13-24-23(16-22)26-20-10-11-21(15-20)27(26)28(30-24)19-6-4-3-5-7-19/h3-9,12-14,16,20-21,26-28,30H,10-11,15H2,1-2H3,(H,31,32)/t20-,21-,26-,27+,28-/m0/s1. The summed E-state index contributed by atoms with van der Waals surface area (Å²) >= 11 is 0. The Morgan fingerprint density at radius 1 is 0.938 bits per heavy atom. The zero-order valence-corrected chi connectivity index (χ0v) is 18.8. The molecule has 2 aliphatic carbocycles. The second-order valence-corrected chi connectivity index (χ2v) is 10.0. The Labute approximate surface area is 190 Å². The molecule has 3 aromatic rings. The number of aryl methyl sites for hydroxylation is 2. The lowest BCUT2D eigenvalue weighted by Crippen LogP contribution is -2.35. The van der Waals surface area contributed by atoms with Gasteiger partial charge in [-0.3, -0.25) is 4.79 Å². The summed E-state index contributed by atoms with van der Waals surface area (Å²) in [6.07, 6.45) is 4.00. The highest BCUT2D eigenvalue weighted by Crippen LogP contribution is 2.63. The van der Waals surface area contributed by atoms with Gasteiger partial charge in [0, 0.05) is 16.9 Å². The van der Waals surface area contributed by atoms with Crippen LogP contribution in [-0.2, 0) is 0 Å². The minimum atomic E-state index is -0.0219. The van der Waals surface area contributed by atoms with Crippen LogP contribution in [0, 0.1) is 31.6 Å². The normalized spacial score (nSPS) is 27.4. The molecule has 0 saturated heterocycles. The van der Waals surface area contributed by atoms with Gasteiger partial charge in [0.05, 0.1) is 6.04 Å². The van der Waals surface area contributed by atoms with E-state index in [1.54, 1.807) is 0 Å². The summed E-state index contributed by atoms with van der Waals surface area (Å²) in [7, 11) is 0. The van der Waals surface area contributed by atoms with Gasteiger partial charge in [-0.2, -0.15) is 0 Å². The van der Waals surface area contributed by atoms with Crippen molar-refractivity contribution in [1.29, 1.82) is 0 Å². The summed E-state index contributed by atoms with van der Waals surface area (Å²) < 4.78 is 0. The molecule has 3 heteroatoms. The maximum Gasteiger partial charge on any atom is 0.255 e. The number of hydrogen-bond donors (Lipinski definition) is 2. The van der Waals surface area contributed by atoms with E-state index in [1.807, 2.05) is 19.1 Å². The van der Waals surface area contributed by atoms with E-state index in [0.29, 0.717) is 17.9 Å². The molecule has 1 heterocycles. The Morgan fingerprint density at radius 3 is 2.59 bits per heavy atom. The van der Waals surface area contributed by atoms with Crippen LogP contribution >= 0.6 is 0 Å². The smallest absolute Gasteiger partial charge is 0.255 e. The highest BCUT2D eigenvalue weighted by molar-refractivity contribution is 6.05. The Hall–Kier alpha value is -3.07. The maximum absolute atomic E-state index is 13.2. The number of benzene rings is 3. The van der Waals surface area contributed by atoms with E-state index in [4.69, 9.17) is 0 Å². The SMILES string of the molecule is Cc1ccc(C)c(NC(=O)c2ccc3c(c2)[C@@H]2[C@H]4CC[C@@H](C4)[C@H]2[C@H](c2ccccc2)N3)c1. The fourth-order valence-electron chi connectivity index (χ4n) is 6.68. The van der Waals surface area contributed by atoms with E-state index < -0.39 is 0 Å². The summed E-state index contributed by atoms with van der Waals surface area (Å²) in [6, 6.07) is 23.7. The Morgan fingerprint density at radius 2 is 1.75 bits per heavy atom. The average molecular weight is 423 g/mol. The molecule has 0 aromatic heterocycles. The van der Waals surface area contributed by atoms with Crippen LogP contribution in [0.25, 0.3) is 0 Å². The lowest BCUT2D eigenvalue weighted by atomic mass is 9.68. The molecule has 0 unspecified atom stereocenters. The van der Waals surface area contributed by atoms with E-state index in [0.717, 1.165) is 34.2 Å². The van der Waals surface area contributed by atoms with Crippen LogP contribution in [0.4, 0.5) is 11.4 Å². The molecule has 2 bridgehead atoms. The lowest BCUT2D eigenvalue weighted by molar-refractivity contribution is 0.102. The summed E-state index contributed by atoms with van der Waals surface area (Å²) in [4.78, 5) is 13.2. The number of nitrogens with one attached hydrogen (secondary N) is 2. The fraction of sp³-hybridized carbons (Fsp3) is 0.345. The summed E-state index contributed by atoms with van der Waals surface area (Å²) in [5, 5.41) is 7.01. The summed E-state index contributed by atoms with van der Waals surface area (Å²) in [6.45, 7) is 4.09. The molecule has 5 atom stereocenters. The molecular formula is C29H30N2O. The molecule has 2 N–H and O–H groups in total. The lowest BCUT2D eigenvalue weighted by Gasteiger charge is -2.43. The minimum Gasteiger partial charge on any atom is -0.378 e. The van der Waals surface area contributed by atoms with Crippen molar-refractivity contribution < 1.29 is 4.79 Å². The number of rotatable bonds is 3. The van der Waals surface area contributed by atoms with Gasteiger partial charge in [-0.05, 0) is 103 Å². The van der Waals surface area contributed by atoms with Gasteiger partial charge in [0.1, 0.15) is 0 Å². The molecule has 2 saturated carbocycles. The predicted molar refractivity (Wildman–Crippen MR) is 130 cm³/mol. The molecule has 2 fully saturated rings. The van der Waals surface area contributed by atoms with Gasteiger partial charge in [0.2, 0.25) is 0 Å². The maximum atomic E-state index is 13.2. The molecule has 6 rings (SSSR count). The van der Waals surface area contributed by atoms with E-state index in [9.17, 15) is 4.79 Å². The first-order chi connectivity index (χ1) is 15.6. The van der Waals surface area contributed by atoms with E-state index in [-0.39, 0.29) is 5.91 Å². The van der Waals surface area contributed by atoms with Crippen molar-refractivity contribution in [3.05, 3.63) is 94.5 Å². The van der Waals surface area contributed by atoms with Gasteiger partial charge in [-0.25, -0.2) is 0 Å². The molecule has 32 heavy (non-hydrogen) atoms. The van der Waals surface area contributed by atoms with Crippen molar-refractivity contribution in [2.75, 3.05) is 10.6 Å². The van der Waals surface area contributed by atoms with Gasteiger partial charge in [-0.15, -0.1) is 0 Å². The molecule has 3 nitrogen and oxygen atoms in total. The van der Waals surface area contributed by atoms with Gasteiger partial charge in [0.25, 0.3) is 5.91 Å². The second-order valence-electron chi connectivity index (χ2n) is 10.0. The van der Waals surface area contributed by atoms with E-state index in [2.05, 4.69) is 72.2 Å². The number of fused-ring (bicyclic) bond motifs is 7. The van der Waals surface area contributed by atoms with Crippen LogP contribution in [0.5, 0.6) is 0 Å². The Balaban J connectivity index is 1.35. The van der Waals surface area contributed by atoms with E-state index >= 15 is 0 Å². The van der Waals surface area contributed by atoms with Gasteiger partial charge >= 0.3 is 0 Å². The fourth-order valence-corrected chi connectivity index (χ4v) is 6.68. The molecule has 3 aliphatic rings. The topological polar surface area (TPSA) is 41.1 Å². The van der Waals surface area contributed by atoms with Crippen LogP contribution in [0.15, 0.2) is 66.7 Å². The largest absolute Gasteiger partial charge is 0.378 e. The number of amides is 1. The molecule has 0 radical (unpaired) electrons. The predicted octanol–water partition coefficient (Wildman–Crippen LogP) is 6.85. The second kappa shape index (κ2) is 7.51. The van der Waals surface area contributed by atoms with Crippen LogP contribution < -0.4 is 10.6 Å². The molecule has 0 spiro atoms. The van der Waals surface area contributed by atoms with Crippen molar-refractivity contribution in [2.45, 2.75) is 45.1 Å². The summed E-state index contributed by atoms with van der Waals surface area (Å²) in [5.41, 5.74) is 7.83. The van der Waals surface area contributed by atoms with Crippen LogP contribution in [-0.4, -0.2) is 5.91 Å². The van der Waals surface area contributed by atoms with Crippen LogP contribution in [0.1, 0.15) is 63.8 Å². The molecule has 1 amide bonds. The van der Waals surface area contributed by atoms with Gasteiger partial charge in [-0.1, -0.05) is 42.5 Å². The average Bonchev–Trinajstić information content (AvgIpc) is 3.44. The van der Waals surface area contributed by atoms with Gasteiger partial charge in [0.15, 0.2) is 0 Å². The van der Waals surface area contributed by atoms with Gasteiger partial charge < -0.3 is 10.6 Å². The van der Waals surface area contributed by atoms with Crippen LogP contribution in [0.2, 0.25) is 0 Å². The number of carbonyl (C=O) groups excluding carboxylic acids is 1. The third kappa shape index (κ3) is 3.14. The number of anilines is 2. The zero-order chi connectivity index (χ0) is 21.8. The zero-order valence-electron chi connectivity index (χ0n) is 18.8. The molecule has 1 aliphatic heterocycles. The third-order valence-electron chi connectivity index (χ3n) is 8.15. The molecule has 3 aromatic carbocycles. The van der Waals surface area contributed by atoms with Crippen molar-refractivity contribution in [3.63, 3.8) is 0 Å².